The zero-order valence-corrected chi connectivity index (χ0v) is 16.9. The van der Waals surface area contributed by atoms with Crippen LogP contribution in [0.2, 0.25) is 0 Å². The van der Waals surface area contributed by atoms with Crippen LogP contribution in [0.25, 0.3) is 10.9 Å². The summed E-state index contributed by atoms with van der Waals surface area (Å²) in [5.74, 6) is 0.719. The van der Waals surface area contributed by atoms with E-state index in [2.05, 4.69) is 51.2 Å². The molecule has 2 aromatic heterocycles. The molecule has 1 aliphatic rings. The van der Waals surface area contributed by atoms with Crippen LogP contribution in [0.4, 0.5) is 0 Å². The van der Waals surface area contributed by atoms with Crippen molar-refractivity contribution in [1.29, 1.82) is 0 Å². The van der Waals surface area contributed by atoms with E-state index >= 15 is 0 Å². The van der Waals surface area contributed by atoms with Crippen LogP contribution in [0.1, 0.15) is 42.9 Å². The fraction of sp³-hybridized carbons (Fsp3) is 0.500. The molecule has 1 fully saturated rings. The van der Waals surface area contributed by atoms with E-state index in [4.69, 9.17) is 0 Å². The third-order valence-electron chi connectivity index (χ3n) is 5.57. The van der Waals surface area contributed by atoms with Gasteiger partial charge in [0, 0.05) is 31.7 Å². The lowest BCUT2D eigenvalue weighted by molar-refractivity contribution is 0.120. The number of fused-ring (bicyclic) bond motifs is 1. The maximum absolute atomic E-state index is 13.1. The van der Waals surface area contributed by atoms with Crippen molar-refractivity contribution >= 4 is 10.9 Å². The van der Waals surface area contributed by atoms with E-state index in [1.165, 1.54) is 0 Å². The number of H-pyrrole nitrogens is 1. The van der Waals surface area contributed by atoms with Crippen molar-refractivity contribution in [2.45, 2.75) is 32.9 Å². The van der Waals surface area contributed by atoms with Crippen molar-refractivity contribution in [2.24, 2.45) is 0 Å². The van der Waals surface area contributed by atoms with Crippen molar-refractivity contribution in [2.75, 3.05) is 33.2 Å². The molecule has 0 unspecified atom stereocenters. The number of hydrogen-bond donors (Lipinski definition) is 1. The van der Waals surface area contributed by atoms with Gasteiger partial charge in [0.25, 0.3) is 5.56 Å². The number of nitrogens with zero attached hydrogens (tertiary/aromatic N) is 6. The summed E-state index contributed by atoms with van der Waals surface area (Å²) < 4.78 is 1.82. The highest BCUT2D eigenvalue weighted by atomic mass is 16.1. The summed E-state index contributed by atoms with van der Waals surface area (Å²) in [7, 11) is 2.12. The van der Waals surface area contributed by atoms with Crippen molar-refractivity contribution in [1.82, 2.24) is 35.0 Å². The second kappa shape index (κ2) is 7.44. The SMILES string of the molecule is Cc1cccc2cc([C@H](c3nnnn3C(C)C)N3CCN(C)CC3)c(=O)[nH]c12. The topological polar surface area (TPSA) is 82.9 Å². The Bertz CT molecular complexity index is 1030. The van der Waals surface area contributed by atoms with Crippen molar-refractivity contribution < 1.29 is 0 Å². The first-order valence-corrected chi connectivity index (χ1v) is 9.78. The maximum Gasteiger partial charge on any atom is 0.253 e. The van der Waals surface area contributed by atoms with Gasteiger partial charge >= 0.3 is 0 Å². The van der Waals surface area contributed by atoms with Crippen LogP contribution >= 0.6 is 0 Å². The monoisotopic (exact) mass is 381 g/mol. The number of nitrogens with one attached hydrogen (secondary N) is 1. The quantitative estimate of drug-likeness (QED) is 0.741. The predicted octanol–water partition coefficient (Wildman–Crippen LogP) is 1.74. The molecule has 28 heavy (non-hydrogen) atoms. The Kier molecular flexibility index (Phi) is 4.99. The second-order valence-electron chi connectivity index (χ2n) is 7.91. The van der Waals surface area contributed by atoms with Crippen LogP contribution in [0.5, 0.6) is 0 Å². The normalized spacial score (nSPS) is 17.5. The Morgan fingerprint density at radius 1 is 1.14 bits per heavy atom. The van der Waals surface area contributed by atoms with Gasteiger partial charge in [0.2, 0.25) is 0 Å². The van der Waals surface area contributed by atoms with Gasteiger partial charge in [0.1, 0.15) is 6.04 Å². The molecular weight excluding hydrogens is 354 g/mol. The molecule has 148 valence electrons. The lowest BCUT2D eigenvalue weighted by atomic mass is 10.0. The average Bonchev–Trinajstić information content (AvgIpc) is 3.14. The first kappa shape index (κ1) is 18.8. The van der Waals surface area contributed by atoms with Gasteiger partial charge in [-0.1, -0.05) is 18.2 Å². The molecule has 4 rings (SSSR count). The van der Waals surface area contributed by atoms with E-state index in [9.17, 15) is 4.79 Å². The van der Waals surface area contributed by atoms with Crippen molar-refractivity contribution in [3.05, 3.63) is 51.6 Å². The number of piperazine rings is 1. The highest BCUT2D eigenvalue weighted by Crippen LogP contribution is 2.29. The summed E-state index contributed by atoms with van der Waals surface area (Å²) in [4.78, 5) is 20.8. The van der Waals surface area contributed by atoms with E-state index in [0.29, 0.717) is 5.56 Å². The van der Waals surface area contributed by atoms with E-state index in [0.717, 1.165) is 48.5 Å². The summed E-state index contributed by atoms with van der Waals surface area (Å²) in [6.45, 7) is 9.72. The van der Waals surface area contributed by atoms with Crippen LogP contribution < -0.4 is 5.56 Å². The molecule has 1 saturated heterocycles. The minimum absolute atomic E-state index is 0.0796. The number of likely N-dealkylation sites (N-methyl/N-ethyl adjacent to an activating group) is 1. The standard InChI is InChI=1S/C20H27N7O/c1-13(2)27-19(22-23-24-27)18(26-10-8-25(4)9-11-26)16-12-15-7-5-6-14(3)17(15)21-20(16)28/h5-7,12-13,18H,8-11H2,1-4H3,(H,21,28)/t18-/m1/s1. The van der Waals surface area contributed by atoms with Gasteiger partial charge in [-0.25, -0.2) is 4.68 Å². The minimum atomic E-state index is -0.278. The number of aromatic nitrogens is 5. The largest absolute Gasteiger partial charge is 0.321 e. The molecule has 8 nitrogen and oxygen atoms in total. The fourth-order valence-corrected chi connectivity index (χ4v) is 3.93. The van der Waals surface area contributed by atoms with Gasteiger partial charge in [-0.05, 0) is 55.3 Å². The number of benzene rings is 1. The third-order valence-corrected chi connectivity index (χ3v) is 5.57. The average molecular weight is 381 g/mol. The predicted molar refractivity (Wildman–Crippen MR) is 108 cm³/mol. The van der Waals surface area contributed by atoms with Gasteiger partial charge in [0.15, 0.2) is 5.82 Å². The number of hydrogen-bond acceptors (Lipinski definition) is 6. The zero-order chi connectivity index (χ0) is 19.8. The third kappa shape index (κ3) is 3.33. The minimum Gasteiger partial charge on any atom is -0.321 e. The molecule has 1 aromatic carbocycles. The van der Waals surface area contributed by atoms with Crippen LogP contribution in [0.15, 0.2) is 29.1 Å². The molecule has 0 bridgehead atoms. The van der Waals surface area contributed by atoms with Crippen molar-refractivity contribution in [3.8, 4) is 0 Å². The number of para-hydroxylation sites is 1. The second-order valence-corrected chi connectivity index (χ2v) is 7.91. The van der Waals surface area contributed by atoms with Gasteiger partial charge in [0.05, 0.1) is 11.6 Å². The molecular formula is C20H27N7O. The first-order valence-electron chi connectivity index (χ1n) is 9.78. The highest BCUT2D eigenvalue weighted by Gasteiger charge is 2.32. The molecule has 8 heteroatoms. The zero-order valence-electron chi connectivity index (χ0n) is 16.9. The Morgan fingerprint density at radius 3 is 2.61 bits per heavy atom. The molecule has 0 aliphatic carbocycles. The van der Waals surface area contributed by atoms with Gasteiger partial charge in [-0.15, -0.1) is 5.10 Å². The van der Waals surface area contributed by atoms with Crippen LogP contribution in [0, 0.1) is 6.92 Å². The van der Waals surface area contributed by atoms with Gasteiger partial charge in [-0.2, -0.15) is 0 Å². The lowest BCUT2D eigenvalue weighted by Crippen LogP contribution is -2.47. The molecule has 0 saturated carbocycles. The first-order chi connectivity index (χ1) is 13.5. The van der Waals surface area contributed by atoms with Crippen LogP contribution in [-0.2, 0) is 0 Å². The van der Waals surface area contributed by atoms with E-state index < -0.39 is 0 Å². The summed E-state index contributed by atoms with van der Waals surface area (Å²) >= 11 is 0. The molecule has 0 radical (unpaired) electrons. The summed E-state index contributed by atoms with van der Waals surface area (Å²) in [6, 6.07) is 7.90. The number of tetrazole rings is 1. The number of pyridine rings is 1. The Labute approximate surface area is 164 Å². The Balaban J connectivity index is 1.88. The summed E-state index contributed by atoms with van der Waals surface area (Å²) in [5, 5.41) is 13.5. The molecule has 0 amide bonds. The summed E-state index contributed by atoms with van der Waals surface area (Å²) in [6.07, 6.45) is 0. The Hall–Kier alpha value is -2.58. The van der Waals surface area contributed by atoms with Crippen LogP contribution in [-0.4, -0.2) is 68.2 Å². The van der Waals surface area contributed by atoms with E-state index in [1.807, 2.05) is 35.9 Å². The molecule has 3 heterocycles. The number of aryl methyl sites for hydroxylation is 1. The molecule has 0 spiro atoms. The fourth-order valence-electron chi connectivity index (χ4n) is 3.93. The molecule has 1 atom stereocenters. The summed E-state index contributed by atoms with van der Waals surface area (Å²) in [5.41, 5.74) is 2.56. The van der Waals surface area contributed by atoms with Crippen molar-refractivity contribution in [3.63, 3.8) is 0 Å². The van der Waals surface area contributed by atoms with Crippen LogP contribution in [0.3, 0.4) is 0 Å². The Morgan fingerprint density at radius 2 is 1.89 bits per heavy atom. The molecule has 3 aromatic rings. The molecule has 1 aliphatic heterocycles. The van der Waals surface area contributed by atoms with E-state index in [1.54, 1.807) is 0 Å². The van der Waals surface area contributed by atoms with Gasteiger partial charge < -0.3 is 9.88 Å². The number of rotatable bonds is 4. The maximum atomic E-state index is 13.1. The smallest absolute Gasteiger partial charge is 0.253 e. The number of aromatic amines is 1. The molecule has 1 N–H and O–H groups in total. The highest BCUT2D eigenvalue weighted by molar-refractivity contribution is 5.82. The van der Waals surface area contributed by atoms with Gasteiger partial charge in [-0.3, -0.25) is 9.69 Å². The van der Waals surface area contributed by atoms with E-state index in [-0.39, 0.29) is 17.6 Å². The lowest BCUT2D eigenvalue weighted by Gasteiger charge is -2.37.